The molecule has 1 saturated carbocycles. The first-order valence-electron chi connectivity index (χ1n) is 4.35. The molecule has 0 radical (unpaired) electrons. The summed E-state index contributed by atoms with van der Waals surface area (Å²) in [5.74, 6) is 1.20. The second-order valence-electron chi connectivity index (χ2n) is 3.97. The molecule has 3 rings (SSSR count). The normalized spacial score (nSPS) is 53.0. The highest BCUT2D eigenvalue weighted by molar-refractivity contribution is 7.90. The second-order valence-corrected chi connectivity index (χ2v) is 5.89. The summed E-state index contributed by atoms with van der Waals surface area (Å²) in [5.41, 5.74) is 0. The zero-order chi connectivity index (χ0) is 8.34. The Labute approximate surface area is 71.9 Å². The fourth-order valence-corrected chi connectivity index (χ4v) is 4.95. The highest BCUT2D eigenvalue weighted by Gasteiger charge is 2.54. The molecule has 4 atom stereocenters. The Hall–Kier alpha value is -0.350. The topological polar surface area (TPSA) is 46.2 Å². The van der Waals surface area contributed by atoms with Crippen molar-refractivity contribution in [3.05, 3.63) is 12.2 Å². The number of sulfonamides is 1. The highest BCUT2D eigenvalue weighted by atomic mass is 32.2. The Morgan fingerprint density at radius 2 is 2.00 bits per heavy atom. The molecule has 1 saturated heterocycles. The average molecular weight is 185 g/mol. The van der Waals surface area contributed by atoms with Crippen LogP contribution < -0.4 is 4.72 Å². The van der Waals surface area contributed by atoms with E-state index < -0.39 is 10.0 Å². The van der Waals surface area contributed by atoms with Gasteiger partial charge in [-0.3, -0.25) is 0 Å². The summed E-state index contributed by atoms with van der Waals surface area (Å²) in [6.45, 7) is 0.665. The van der Waals surface area contributed by atoms with Crippen molar-refractivity contribution < 1.29 is 8.42 Å². The van der Waals surface area contributed by atoms with Crippen molar-refractivity contribution in [3.8, 4) is 0 Å². The summed E-state index contributed by atoms with van der Waals surface area (Å²) >= 11 is 0. The number of rotatable bonds is 0. The van der Waals surface area contributed by atoms with Gasteiger partial charge >= 0.3 is 0 Å². The van der Waals surface area contributed by atoms with Crippen LogP contribution in [0.25, 0.3) is 0 Å². The molecule has 4 unspecified atom stereocenters. The third-order valence-electron chi connectivity index (χ3n) is 3.42. The summed E-state index contributed by atoms with van der Waals surface area (Å²) in [7, 11) is -2.96. The molecule has 0 aromatic heterocycles. The van der Waals surface area contributed by atoms with Gasteiger partial charge in [-0.15, -0.1) is 0 Å². The molecule has 12 heavy (non-hydrogen) atoms. The maximum atomic E-state index is 11.5. The van der Waals surface area contributed by atoms with E-state index in [-0.39, 0.29) is 5.25 Å². The predicted molar refractivity (Wildman–Crippen MR) is 44.9 cm³/mol. The fraction of sp³-hybridized carbons (Fsp3) is 0.750. The standard InChI is InChI=1S/C8H11NO2S/c10-12(11)8-6-2-1-5(3-6)7(8)4-9-12/h1-2,5-9H,3-4H2. The predicted octanol–water partition coefficient (Wildman–Crippen LogP) is 0.110. The smallest absolute Gasteiger partial charge is 0.215 e. The van der Waals surface area contributed by atoms with Gasteiger partial charge in [-0.05, 0) is 24.2 Å². The number of allylic oxidation sites excluding steroid dienone is 2. The van der Waals surface area contributed by atoms with Gasteiger partial charge in [0.15, 0.2) is 0 Å². The van der Waals surface area contributed by atoms with Crippen molar-refractivity contribution in [3.63, 3.8) is 0 Å². The van der Waals surface area contributed by atoms with Crippen LogP contribution in [0.2, 0.25) is 0 Å². The number of fused-ring (bicyclic) bond motifs is 5. The van der Waals surface area contributed by atoms with Gasteiger partial charge in [0.05, 0.1) is 5.25 Å². The lowest BCUT2D eigenvalue weighted by molar-refractivity contribution is 0.478. The van der Waals surface area contributed by atoms with Crippen molar-refractivity contribution in [1.29, 1.82) is 0 Å². The van der Waals surface area contributed by atoms with Crippen LogP contribution in [0, 0.1) is 17.8 Å². The molecule has 0 aromatic rings. The summed E-state index contributed by atoms with van der Waals surface area (Å²) in [6, 6.07) is 0. The molecule has 2 aliphatic carbocycles. The molecule has 0 amide bonds. The van der Waals surface area contributed by atoms with Gasteiger partial charge in [0.25, 0.3) is 0 Å². The third kappa shape index (κ3) is 0.677. The zero-order valence-corrected chi connectivity index (χ0v) is 7.42. The number of nitrogens with one attached hydrogen (secondary N) is 1. The van der Waals surface area contributed by atoms with Crippen LogP contribution in [-0.2, 0) is 10.0 Å². The van der Waals surface area contributed by atoms with Gasteiger partial charge in [0.2, 0.25) is 10.0 Å². The summed E-state index contributed by atoms with van der Waals surface area (Å²) < 4.78 is 25.6. The van der Waals surface area contributed by atoms with Crippen LogP contribution in [-0.4, -0.2) is 20.2 Å². The number of hydrogen-bond acceptors (Lipinski definition) is 2. The van der Waals surface area contributed by atoms with E-state index >= 15 is 0 Å². The van der Waals surface area contributed by atoms with E-state index in [0.717, 1.165) is 6.42 Å². The Kier molecular flexibility index (Phi) is 1.14. The highest BCUT2D eigenvalue weighted by Crippen LogP contribution is 2.48. The van der Waals surface area contributed by atoms with Crippen molar-refractivity contribution >= 4 is 10.0 Å². The lowest BCUT2D eigenvalue weighted by Gasteiger charge is -2.16. The zero-order valence-electron chi connectivity index (χ0n) is 6.60. The monoisotopic (exact) mass is 185 g/mol. The van der Waals surface area contributed by atoms with Crippen molar-refractivity contribution in [1.82, 2.24) is 4.72 Å². The van der Waals surface area contributed by atoms with E-state index in [4.69, 9.17) is 0 Å². The summed E-state index contributed by atoms with van der Waals surface area (Å²) in [4.78, 5) is 0. The minimum atomic E-state index is -2.96. The van der Waals surface area contributed by atoms with Crippen molar-refractivity contribution in [2.75, 3.05) is 6.54 Å². The first-order chi connectivity index (χ1) is 5.68. The Morgan fingerprint density at radius 1 is 1.25 bits per heavy atom. The first kappa shape index (κ1) is 7.09. The summed E-state index contributed by atoms with van der Waals surface area (Å²) in [6.07, 6.45) is 5.33. The van der Waals surface area contributed by atoms with E-state index in [0.29, 0.717) is 24.3 Å². The molecule has 1 N–H and O–H groups in total. The van der Waals surface area contributed by atoms with Gasteiger partial charge in [-0.1, -0.05) is 12.2 Å². The molecule has 3 aliphatic rings. The largest absolute Gasteiger partial charge is 0.215 e. The van der Waals surface area contributed by atoms with Crippen molar-refractivity contribution in [2.24, 2.45) is 17.8 Å². The van der Waals surface area contributed by atoms with E-state index in [1.54, 1.807) is 0 Å². The first-order valence-corrected chi connectivity index (χ1v) is 5.90. The van der Waals surface area contributed by atoms with Crippen LogP contribution in [0.15, 0.2) is 12.2 Å². The molecular weight excluding hydrogens is 174 g/mol. The van der Waals surface area contributed by atoms with Gasteiger partial charge in [0.1, 0.15) is 0 Å². The minimum absolute atomic E-state index is 0.104. The van der Waals surface area contributed by atoms with Crippen LogP contribution in [0.3, 0.4) is 0 Å². The van der Waals surface area contributed by atoms with Crippen molar-refractivity contribution in [2.45, 2.75) is 11.7 Å². The number of hydrogen-bond donors (Lipinski definition) is 1. The molecule has 0 aromatic carbocycles. The molecular formula is C8H11NO2S. The second kappa shape index (κ2) is 1.93. The van der Waals surface area contributed by atoms with E-state index in [1.165, 1.54) is 0 Å². The van der Waals surface area contributed by atoms with Gasteiger partial charge in [0, 0.05) is 6.54 Å². The van der Waals surface area contributed by atoms with Crippen LogP contribution in [0.1, 0.15) is 6.42 Å². The lowest BCUT2D eigenvalue weighted by atomic mass is 9.94. The van der Waals surface area contributed by atoms with E-state index in [1.807, 2.05) is 0 Å². The molecule has 3 nitrogen and oxygen atoms in total. The molecule has 1 aliphatic heterocycles. The Balaban J connectivity index is 2.11. The van der Waals surface area contributed by atoms with Gasteiger partial charge in [-0.2, -0.15) is 0 Å². The maximum absolute atomic E-state index is 11.5. The van der Waals surface area contributed by atoms with E-state index in [2.05, 4.69) is 16.9 Å². The minimum Gasteiger partial charge on any atom is -0.215 e. The lowest BCUT2D eigenvalue weighted by Crippen LogP contribution is -2.28. The molecule has 0 spiro atoms. The van der Waals surface area contributed by atoms with Crippen LogP contribution in [0.4, 0.5) is 0 Å². The van der Waals surface area contributed by atoms with Crippen LogP contribution in [0.5, 0.6) is 0 Å². The van der Waals surface area contributed by atoms with Crippen LogP contribution >= 0.6 is 0 Å². The molecule has 2 bridgehead atoms. The Morgan fingerprint density at radius 3 is 2.75 bits per heavy atom. The quantitative estimate of drug-likeness (QED) is 0.544. The molecule has 1 heterocycles. The van der Waals surface area contributed by atoms with Gasteiger partial charge < -0.3 is 0 Å². The Bertz CT molecular complexity index is 346. The SMILES string of the molecule is O=S1(=O)NCC2C3C=CC(C3)C21. The van der Waals surface area contributed by atoms with E-state index in [9.17, 15) is 8.42 Å². The fourth-order valence-electron chi connectivity index (χ4n) is 2.92. The maximum Gasteiger partial charge on any atom is 0.215 e. The average Bonchev–Trinajstić information content (AvgIpc) is 2.61. The molecule has 2 fully saturated rings. The molecule has 66 valence electrons. The third-order valence-corrected chi connectivity index (χ3v) is 5.41. The van der Waals surface area contributed by atoms with Gasteiger partial charge in [-0.25, -0.2) is 13.1 Å². The molecule has 4 heteroatoms. The summed E-state index contributed by atoms with van der Waals surface area (Å²) in [5, 5.41) is -0.104.